The number of aromatic nitrogens is 2. The van der Waals surface area contributed by atoms with Gasteiger partial charge in [0, 0.05) is 12.0 Å². The van der Waals surface area contributed by atoms with Crippen molar-refractivity contribution >= 4 is 0 Å². The van der Waals surface area contributed by atoms with Crippen LogP contribution in [0.4, 0.5) is 4.39 Å². The van der Waals surface area contributed by atoms with Crippen molar-refractivity contribution in [3.63, 3.8) is 0 Å². The van der Waals surface area contributed by atoms with Crippen LogP contribution in [-0.4, -0.2) is 30.3 Å². The summed E-state index contributed by atoms with van der Waals surface area (Å²) < 4.78 is 24.2. The second kappa shape index (κ2) is 5.58. The van der Waals surface area contributed by atoms with Gasteiger partial charge in [0.25, 0.3) is 0 Å². The molecule has 1 N–H and O–H groups in total. The Morgan fingerprint density at radius 1 is 1.35 bits per heavy atom. The van der Waals surface area contributed by atoms with Crippen LogP contribution in [-0.2, 0) is 0 Å². The van der Waals surface area contributed by atoms with Crippen LogP contribution in [0.15, 0.2) is 22.7 Å². The predicted octanol–water partition coefficient (Wildman–Crippen LogP) is 2.35. The SMILES string of the molecule is COc1ccc(-c2noc(C3CCNCC3)n2)c(F)c1. The highest BCUT2D eigenvalue weighted by atomic mass is 19.1. The molecule has 1 aliphatic heterocycles. The molecule has 1 aromatic heterocycles. The largest absolute Gasteiger partial charge is 0.497 e. The molecule has 3 rings (SSSR count). The summed E-state index contributed by atoms with van der Waals surface area (Å²) in [6.45, 7) is 1.89. The average Bonchev–Trinajstić information content (AvgIpc) is 2.97. The van der Waals surface area contributed by atoms with Gasteiger partial charge in [-0.2, -0.15) is 4.98 Å². The molecule has 0 bridgehead atoms. The van der Waals surface area contributed by atoms with Crippen LogP contribution in [0.25, 0.3) is 11.4 Å². The van der Waals surface area contributed by atoms with Gasteiger partial charge in [-0.25, -0.2) is 4.39 Å². The molecule has 5 nitrogen and oxygen atoms in total. The summed E-state index contributed by atoms with van der Waals surface area (Å²) in [7, 11) is 1.50. The van der Waals surface area contributed by atoms with Crippen LogP contribution < -0.4 is 10.1 Å². The van der Waals surface area contributed by atoms with E-state index in [4.69, 9.17) is 9.26 Å². The molecule has 0 spiro atoms. The van der Waals surface area contributed by atoms with E-state index in [-0.39, 0.29) is 5.92 Å². The summed E-state index contributed by atoms with van der Waals surface area (Å²) in [5, 5.41) is 7.17. The zero-order chi connectivity index (χ0) is 13.9. The molecular weight excluding hydrogens is 261 g/mol. The van der Waals surface area contributed by atoms with E-state index in [0.29, 0.717) is 23.0 Å². The number of ether oxygens (including phenoxy) is 1. The van der Waals surface area contributed by atoms with Crippen LogP contribution in [0.3, 0.4) is 0 Å². The number of nitrogens with one attached hydrogen (secondary N) is 1. The molecule has 0 radical (unpaired) electrons. The highest BCUT2D eigenvalue weighted by molar-refractivity contribution is 5.56. The molecule has 2 heterocycles. The normalized spacial score (nSPS) is 16.3. The van der Waals surface area contributed by atoms with Crippen molar-refractivity contribution in [1.29, 1.82) is 0 Å². The lowest BCUT2D eigenvalue weighted by atomic mass is 9.98. The maximum absolute atomic E-state index is 14.0. The third-order valence-corrected chi connectivity index (χ3v) is 3.55. The Hall–Kier alpha value is -1.95. The predicted molar refractivity (Wildman–Crippen MR) is 71.1 cm³/mol. The van der Waals surface area contributed by atoms with Gasteiger partial charge in [-0.15, -0.1) is 0 Å². The summed E-state index contributed by atoms with van der Waals surface area (Å²) in [4.78, 5) is 4.33. The maximum atomic E-state index is 14.0. The molecule has 106 valence electrons. The lowest BCUT2D eigenvalue weighted by Crippen LogP contribution is -2.26. The van der Waals surface area contributed by atoms with Crippen molar-refractivity contribution in [1.82, 2.24) is 15.5 Å². The van der Waals surface area contributed by atoms with Crippen LogP contribution in [0.5, 0.6) is 5.75 Å². The van der Waals surface area contributed by atoms with Crippen molar-refractivity contribution < 1.29 is 13.7 Å². The number of benzene rings is 1. The van der Waals surface area contributed by atoms with Gasteiger partial charge in [-0.05, 0) is 38.1 Å². The van der Waals surface area contributed by atoms with Crippen molar-refractivity contribution in [2.24, 2.45) is 0 Å². The van der Waals surface area contributed by atoms with Gasteiger partial charge < -0.3 is 14.6 Å². The topological polar surface area (TPSA) is 60.2 Å². The minimum absolute atomic E-state index is 0.263. The summed E-state index contributed by atoms with van der Waals surface area (Å²) >= 11 is 0. The molecule has 1 aliphatic rings. The van der Waals surface area contributed by atoms with E-state index in [1.165, 1.54) is 13.2 Å². The Morgan fingerprint density at radius 3 is 2.85 bits per heavy atom. The molecule has 1 fully saturated rings. The van der Waals surface area contributed by atoms with Gasteiger partial charge in [0.15, 0.2) is 0 Å². The fraction of sp³-hybridized carbons (Fsp3) is 0.429. The number of rotatable bonds is 3. The summed E-state index contributed by atoms with van der Waals surface area (Å²) in [6, 6.07) is 4.60. The Morgan fingerprint density at radius 2 is 2.15 bits per heavy atom. The Bertz CT molecular complexity index is 594. The molecule has 1 saturated heterocycles. The first-order valence-electron chi connectivity index (χ1n) is 6.66. The number of nitrogens with zero attached hydrogens (tertiary/aromatic N) is 2. The lowest BCUT2D eigenvalue weighted by Gasteiger charge is -2.18. The molecule has 0 saturated carbocycles. The zero-order valence-electron chi connectivity index (χ0n) is 11.2. The second-order valence-electron chi connectivity index (χ2n) is 4.83. The van der Waals surface area contributed by atoms with E-state index in [9.17, 15) is 4.39 Å². The summed E-state index contributed by atoms with van der Waals surface area (Å²) in [5.74, 6) is 1.20. The standard InChI is InChI=1S/C14H16FN3O2/c1-19-10-2-3-11(12(15)8-10)13-17-14(20-18-13)9-4-6-16-7-5-9/h2-3,8-9,16H,4-7H2,1H3. The van der Waals surface area contributed by atoms with Gasteiger partial charge >= 0.3 is 0 Å². The van der Waals surface area contributed by atoms with Crippen LogP contribution >= 0.6 is 0 Å². The minimum Gasteiger partial charge on any atom is -0.497 e. The quantitative estimate of drug-likeness (QED) is 0.933. The first-order valence-corrected chi connectivity index (χ1v) is 6.66. The summed E-state index contributed by atoms with van der Waals surface area (Å²) in [5.41, 5.74) is 0.328. The zero-order valence-corrected chi connectivity index (χ0v) is 11.2. The van der Waals surface area contributed by atoms with E-state index >= 15 is 0 Å². The third-order valence-electron chi connectivity index (χ3n) is 3.55. The van der Waals surface area contributed by atoms with Crippen LogP contribution in [0, 0.1) is 5.82 Å². The van der Waals surface area contributed by atoms with Crippen molar-refractivity contribution in [2.75, 3.05) is 20.2 Å². The molecule has 20 heavy (non-hydrogen) atoms. The molecular formula is C14H16FN3O2. The Labute approximate surface area is 116 Å². The average molecular weight is 277 g/mol. The highest BCUT2D eigenvalue weighted by Gasteiger charge is 2.22. The number of hydrogen-bond acceptors (Lipinski definition) is 5. The molecule has 0 atom stereocenters. The summed E-state index contributed by atoms with van der Waals surface area (Å²) in [6.07, 6.45) is 1.93. The first-order chi connectivity index (χ1) is 9.78. The maximum Gasteiger partial charge on any atom is 0.230 e. The Balaban J connectivity index is 1.85. The van der Waals surface area contributed by atoms with E-state index in [1.54, 1.807) is 12.1 Å². The van der Waals surface area contributed by atoms with E-state index in [2.05, 4.69) is 15.5 Å². The molecule has 2 aromatic rings. The fourth-order valence-corrected chi connectivity index (χ4v) is 2.38. The van der Waals surface area contributed by atoms with Gasteiger partial charge in [0.2, 0.25) is 11.7 Å². The van der Waals surface area contributed by atoms with Crippen molar-refractivity contribution in [3.8, 4) is 17.1 Å². The minimum atomic E-state index is -0.415. The van der Waals surface area contributed by atoms with Gasteiger partial charge in [0.05, 0.1) is 12.7 Å². The number of halogens is 1. The molecule has 0 unspecified atom stereocenters. The molecule has 0 amide bonds. The molecule has 0 aliphatic carbocycles. The van der Waals surface area contributed by atoms with E-state index in [1.807, 2.05) is 0 Å². The smallest absolute Gasteiger partial charge is 0.230 e. The van der Waals surface area contributed by atoms with E-state index < -0.39 is 5.82 Å². The fourth-order valence-electron chi connectivity index (χ4n) is 2.38. The van der Waals surface area contributed by atoms with E-state index in [0.717, 1.165) is 25.9 Å². The number of piperidine rings is 1. The lowest BCUT2D eigenvalue weighted by molar-refractivity contribution is 0.320. The van der Waals surface area contributed by atoms with Crippen LogP contribution in [0.2, 0.25) is 0 Å². The van der Waals surface area contributed by atoms with Gasteiger partial charge in [-0.3, -0.25) is 0 Å². The van der Waals surface area contributed by atoms with Gasteiger partial charge in [-0.1, -0.05) is 5.16 Å². The second-order valence-corrected chi connectivity index (χ2v) is 4.83. The number of hydrogen-bond donors (Lipinski definition) is 1. The van der Waals surface area contributed by atoms with Crippen molar-refractivity contribution in [2.45, 2.75) is 18.8 Å². The number of methoxy groups -OCH3 is 1. The third kappa shape index (κ3) is 2.51. The monoisotopic (exact) mass is 277 g/mol. The Kier molecular flexibility index (Phi) is 3.64. The van der Waals surface area contributed by atoms with Crippen LogP contribution in [0.1, 0.15) is 24.7 Å². The van der Waals surface area contributed by atoms with Gasteiger partial charge in [0.1, 0.15) is 11.6 Å². The molecule has 6 heteroatoms. The first kappa shape index (κ1) is 13.1. The van der Waals surface area contributed by atoms with Crippen molar-refractivity contribution in [3.05, 3.63) is 29.9 Å². The highest BCUT2D eigenvalue weighted by Crippen LogP contribution is 2.28. The molecule has 1 aromatic carbocycles.